The Bertz CT molecular complexity index is 830. The molecule has 21 heavy (non-hydrogen) atoms. The Kier molecular flexibility index (Phi) is 3.71. The third-order valence-electron chi connectivity index (χ3n) is 3.35. The van der Waals surface area contributed by atoms with E-state index in [0.29, 0.717) is 11.4 Å². The second kappa shape index (κ2) is 5.66. The van der Waals surface area contributed by atoms with E-state index in [-0.39, 0.29) is 5.91 Å². The minimum absolute atomic E-state index is 0.143. The van der Waals surface area contributed by atoms with Gasteiger partial charge in [0.1, 0.15) is 5.82 Å². The van der Waals surface area contributed by atoms with Crippen molar-refractivity contribution in [2.24, 2.45) is 0 Å². The predicted molar refractivity (Wildman–Crippen MR) is 88.6 cm³/mol. The van der Waals surface area contributed by atoms with Crippen molar-refractivity contribution in [1.29, 1.82) is 0 Å². The number of aromatic nitrogens is 1. The van der Waals surface area contributed by atoms with Crippen LogP contribution in [0.15, 0.2) is 59.2 Å². The fraction of sp³-hybridized carbons (Fsp3) is 0.0588. The van der Waals surface area contributed by atoms with Crippen molar-refractivity contribution in [2.75, 3.05) is 5.32 Å². The lowest BCUT2D eigenvalue weighted by molar-refractivity contribution is 0.102. The number of fused-ring (bicyclic) bond motifs is 1. The zero-order chi connectivity index (χ0) is 14.8. The van der Waals surface area contributed by atoms with Crippen LogP contribution in [0.1, 0.15) is 15.9 Å². The summed E-state index contributed by atoms with van der Waals surface area (Å²) in [6, 6.07) is 15.3. The number of amides is 1. The Morgan fingerprint density at radius 1 is 1.14 bits per heavy atom. The summed E-state index contributed by atoms with van der Waals surface area (Å²) in [6.07, 6.45) is 1.70. The summed E-state index contributed by atoms with van der Waals surface area (Å²) in [4.78, 5) is 16.7. The number of pyridine rings is 1. The highest BCUT2D eigenvalue weighted by atomic mass is 79.9. The zero-order valence-corrected chi connectivity index (χ0v) is 13.0. The fourth-order valence-corrected chi connectivity index (χ4v) is 2.63. The van der Waals surface area contributed by atoms with Crippen LogP contribution in [0.3, 0.4) is 0 Å². The molecule has 4 heteroatoms. The van der Waals surface area contributed by atoms with Crippen LogP contribution >= 0.6 is 15.9 Å². The van der Waals surface area contributed by atoms with E-state index in [0.717, 1.165) is 20.8 Å². The number of hydrogen-bond acceptors (Lipinski definition) is 2. The summed E-state index contributed by atoms with van der Waals surface area (Å²) >= 11 is 3.45. The molecule has 1 aromatic heterocycles. The van der Waals surface area contributed by atoms with Gasteiger partial charge in [-0.2, -0.15) is 0 Å². The highest BCUT2D eigenvalue weighted by molar-refractivity contribution is 9.10. The van der Waals surface area contributed by atoms with Crippen LogP contribution in [-0.2, 0) is 0 Å². The number of aryl methyl sites for hydroxylation is 1. The molecule has 2 aromatic carbocycles. The van der Waals surface area contributed by atoms with Crippen LogP contribution in [0.25, 0.3) is 10.8 Å². The van der Waals surface area contributed by atoms with Crippen molar-refractivity contribution in [3.63, 3.8) is 0 Å². The fourth-order valence-electron chi connectivity index (χ4n) is 2.25. The Balaban J connectivity index is 1.99. The van der Waals surface area contributed by atoms with Gasteiger partial charge in [0.25, 0.3) is 5.91 Å². The van der Waals surface area contributed by atoms with E-state index < -0.39 is 0 Å². The number of carbonyl (C=O) groups is 1. The monoisotopic (exact) mass is 340 g/mol. The normalized spacial score (nSPS) is 10.6. The Hall–Kier alpha value is -2.20. The van der Waals surface area contributed by atoms with Crippen LogP contribution < -0.4 is 5.32 Å². The highest BCUT2D eigenvalue weighted by Gasteiger charge is 2.11. The summed E-state index contributed by atoms with van der Waals surface area (Å²) in [6.45, 7) is 1.92. The number of nitrogens with zero attached hydrogens (tertiary/aromatic N) is 1. The molecule has 1 heterocycles. The van der Waals surface area contributed by atoms with E-state index in [1.54, 1.807) is 6.20 Å². The second-order valence-electron chi connectivity index (χ2n) is 4.79. The molecule has 1 amide bonds. The Labute approximate surface area is 131 Å². The van der Waals surface area contributed by atoms with Crippen molar-refractivity contribution in [3.8, 4) is 0 Å². The van der Waals surface area contributed by atoms with Gasteiger partial charge in [0, 0.05) is 21.6 Å². The van der Waals surface area contributed by atoms with Gasteiger partial charge >= 0.3 is 0 Å². The van der Waals surface area contributed by atoms with Gasteiger partial charge in [0.15, 0.2) is 0 Å². The molecule has 0 aliphatic carbocycles. The van der Waals surface area contributed by atoms with Gasteiger partial charge in [-0.3, -0.25) is 4.79 Å². The molecule has 0 atom stereocenters. The smallest absolute Gasteiger partial charge is 0.257 e. The molecule has 0 aliphatic rings. The molecular weight excluding hydrogens is 328 g/mol. The molecule has 0 unspecified atom stereocenters. The number of benzene rings is 2. The van der Waals surface area contributed by atoms with Crippen molar-refractivity contribution in [2.45, 2.75) is 6.92 Å². The lowest BCUT2D eigenvalue weighted by atomic mass is 10.1. The molecule has 0 saturated heterocycles. The topological polar surface area (TPSA) is 42.0 Å². The highest BCUT2D eigenvalue weighted by Crippen LogP contribution is 2.25. The van der Waals surface area contributed by atoms with Crippen molar-refractivity contribution in [1.82, 2.24) is 4.98 Å². The van der Waals surface area contributed by atoms with Crippen molar-refractivity contribution < 1.29 is 4.79 Å². The number of hydrogen-bond donors (Lipinski definition) is 1. The maximum absolute atomic E-state index is 12.4. The summed E-state index contributed by atoms with van der Waals surface area (Å²) < 4.78 is 0.998. The second-order valence-corrected chi connectivity index (χ2v) is 5.71. The number of halogens is 1. The van der Waals surface area contributed by atoms with Crippen molar-refractivity contribution in [3.05, 3.63) is 70.3 Å². The van der Waals surface area contributed by atoms with Gasteiger partial charge in [0.05, 0.1) is 0 Å². The van der Waals surface area contributed by atoms with Gasteiger partial charge in [-0.15, -0.1) is 0 Å². The van der Waals surface area contributed by atoms with Crippen LogP contribution in [0.4, 0.5) is 5.82 Å². The first-order valence-electron chi connectivity index (χ1n) is 6.56. The first-order chi connectivity index (χ1) is 10.1. The summed E-state index contributed by atoms with van der Waals surface area (Å²) in [7, 11) is 0. The average molecular weight is 341 g/mol. The molecule has 0 saturated carbocycles. The van der Waals surface area contributed by atoms with Crippen molar-refractivity contribution >= 4 is 38.4 Å². The van der Waals surface area contributed by atoms with Crippen LogP contribution in [0, 0.1) is 6.92 Å². The predicted octanol–water partition coefficient (Wildman–Crippen LogP) is 4.56. The molecule has 3 nitrogen and oxygen atoms in total. The number of rotatable bonds is 2. The van der Waals surface area contributed by atoms with Gasteiger partial charge in [-0.05, 0) is 48.2 Å². The minimum Gasteiger partial charge on any atom is -0.306 e. The lowest BCUT2D eigenvalue weighted by Gasteiger charge is -2.09. The standard InChI is InChI=1S/C17H13BrN2O/c1-11-4-2-3-5-14(11)17(21)20-16-15-7-6-13(18)10-12(15)8-9-19-16/h2-10H,1H3,(H,19,20,21). The van der Waals surface area contributed by atoms with Gasteiger partial charge in [0.2, 0.25) is 0 Å². The molecule has 0 fully saturated rings. The van der Waals surface area contributed by atoms with Crippen LogP contribution in [0.2, 0.25) is 0 Å². The molecule has 3 rings (SSSR count). The van der Waals surface area contributed by atoms with Gasteiger partial charge < -0.3 is 5.32 Å². The van der Waals surface area contributed by atoms with E-state index in [1.165, 1.54) is 0 Å². The SMILES string of the molecule is Cc1ccccc1C(=O)Nc1nccc2cc(Br)ccc12. The molecule has 0 spiro atoms. The van der Waals surface area contributed by atoms with Gasteiger partial charge in [-0.25, -0.2) is 4.98 Å². The number of anilines is 1. The average Bonchev–Trinajstić information content (AvgIpc) is 2.47. The van der Waals surface area contributed by atoms with E-state index >= 15 is 0 Å². The maximum atomic E-state index is 12.4. The molecule has 104 valence electrons. The Morgan fingerprint density at radius 3 is 2.76 bits per heavy atom. The molecule has 0 aliphatic heterocycles. The third-order valence-corrected chi connectivity index (χ3v) is 3.84. The molecule has 1 N–H and O–H groups in total. The number of carbonyl (C=O) groups excluding carboxylic acids is 1. The lowest BCUT2D eigenvalue weighted by Crippen LogP contribution is -2.14. The molecule has 0 bridgehead atoms. The minimum atomic E-state index is -0.143. The van der Waals surface area contributed by atoms with E-state index in [9.17, 15) is 4.79 Å². The molecule has 0 radical (unpaired) electrons. The van der Waals surface area contributed by atoms with E-state index in [4.69, 9.17) is 0 Å². The molecular formula is C17H13BrN2O. The maximum Gasteiger partial charge on any atom is 0.257 e. The summed E-state index contributed by atoms with van der Waals surface area (Å²) in [5, 5.41) is 4.84. The first kappa shape index (κ1) is 13.8. The quantitative estimate of drug-likeness (QED) is 0.743. The molecule has 3 aromatic rings. The van der Waals surface area contributed by atoms with Gasteiger partial charge in [-0.1, -0.05) is 34.1 Å². The third kappa shape index (κ3) is 2.81. The van der Waals surface area contributed by atoms with E-state index in [2.05, 4.69) is 26.2 Å². The zero-order valence-electron chi connectivity index (χ0n) is 11.4. The largest absolute Gasteiger partial charge is 0.306 e. The summed E-state index contributed by atoms with van der Waals surface area (Å²) in [5.74, 6) is 0.435. The first-order valence-corrected chi connectivity index (χ1v) is 7.36. The number of nitrogens with one attached hydrogen (secondary N) is 1. The Morgan fingerprint density at radius 2 is 1.95 bits per heavy atom. The summed E-state index contributed by atoms with van der Waals surface area (Å²) in [5.41, 5.74) is 1.60. The van der Waals surface area contributed by atoms with Crippen LogP contribution in [-0.4, -0.2) is 10.9 Å². The van der Waals surface area contributed by atoms with E-state index in [1.807, 2.05) is 55.5 Å². The van der Waals surface area contributed by atoms with Crippen LogP contribution in [0.5, 0.6) is 0 Å².